The van der Waals surface area contributed by atoms with Crippen LogP contribution in [0.1, 0.15) is 30.4 Å². The number of nitriles is 1. The molecule has 1 aliphatic rings. The zero-order valence-electron chi connectivity index (χ0n) is 15.3. The third-order valence-electron chi connectivity index (χ3n) is 4.74. The molecule has 3 rings (SSSR count). The number of amides is 1. The van der Waals surface area contributed by atoms with Crippen LogP contribution < -0.4 is 10.2 Å². The van der Waals surface area contributed by atoms with Gasteiger partial charge in [-0.25, -0.2) is 0 Å². The van der Waals surface area contributed by atoms with E-state index in [1.165, 1.54) is 24.9 Å². The van der Waals surface area contributed by atoms with Crippen LogP contribution in [-0.4, -0.2) is 19.0 Å². The van der Waals surface area contributed by atoms with Gasteiger partial charge in [-0.05, 0) is 67.7 Å². The standard InChI is InChI=1S/C22H22ClN3O/c1-16-5-8-19(23)14-21(16)25-22(27)18(15-24)13-17-6-9-20(10-7-17)26-11-3-2-4-12-26/h5-10,13-14H,2-4,11-12H2,1H3,(H,25,27)/b18-13+. The lowest BCUT2D eigenvalue weighted by Gasteiger charge is -2.28. The summed E-state index contributed by atoms with van der Waals surface area (Å²) in [6.45, 7) is 4.04. The molecule has 1 N–H and O–H groups in total. The summed E-state index contributed by atoms with van der Waals surface area (Å²) in [4.78, 5) is 14.8. The summed E-state index contributed by atoms with van der Waals surface area (Å²) in [6.07, 6.45) is 5.35. The Bertz CT molecular complexity index is 891. The molecule has 2 aromatic rings. The number of nitrogens with one attached hydrogen (secondary N) is 1. The fourth-order valence-electron chi connectivity index (χ4n) is 3.17. The number of anilines is 2. The monoisotopic (exact) mass is 379 g/mol. The largest absolute Gasteiger partial charge is 0.372 e. The molecule has 4 nitrogen and oxygen atoms in total. The topological polar surface area (TPSA) is 56.1 Å². The Hall–Kier alpha value is -2.77. The smallest absolute Gasteiger partial charge is 0.266 e. The molecule has 0 aliphatic carbocycles. The van der Waals surface area contributed by atoms with E-state index in [4.69, 9.17) is 11.6 Å². The molecule has 0 bridgehead atoms. The number of hydrogen-bond acceptors (Lipinski definition) is 3. The summed E-state index contributed by atoms with van der Waals surface area (Å²) in [6, 6.07) is 15.2. The van der Waals surface area contributed by atoms with Crippen molar-refractivity contribution in [3.8, 4) is 6.07 Å². The van der Waals surface area contributed by atoms with Crippen LogP contribution in [0.15, 0.2) is 48.0 Å². The summed E-state index contributed by atoms with van der Waals surface area (Å²) in [5, 5.41) is 12.7. The van der Waals surface area contributed by atoms with E-state index in [9.17, 15) is 10.1 Å². The van der Waals surface area contributed by atoms with Gasteiger partial charge in [0.05, 0.1) is 0 Å². The Balaban J connectivity index is 1.74. The van der Waals surface area contributed by atoms with Gasteiger partial charge in [-0.1, -0.05) is 29.8 Å². The molecule has 0 radical (unpaired) electrons. The summed E-state index contributed by atoms with van der Waals surface area (Å²) in [7, 11) is 0. The second kappa shape index (κ2) is 8.75. The predicted octanol–water partition coefficient (Wildman–Crippen LogP) is 5.18. The van der Waals surface area contributed by atoms with Crippen molar-refractivity contribution in [1.82, 2.24) is 0 Å². The van der Waals surface area contributed by atoms with Crippen molar-refractivity contribution in [2.24, 2.45) is 0 Å². The van der Waals surface area contributed by atoms with Gasteiger partial charge < -0.3 is 10.2 Å². The van der Waals surface area contributed by atoms with E-state index >= 15 is 0 Å². The van der Waals surface area contributed by atoms with Gasteiger partial charge in [0.2, 0.25) is 0 Å². The van der Waals surface area contributed by atoms with E-state index in [0.29, 0.717) is 10.7 Å². The number of rotatable bonds is 4. The maximum absolute atomic E-state index is 12.5. The average molecular weight is 380 g/mol. The Morgan fingerprint density at radius 3 is 2.52 bits per heavy atom. The summed E-state index contributed by atoms with van der Waals surface area (Å²) >= 11 is 5.99. The Labute approximate surface area is 165 Å². The molecule has 0 unspecified atom stereocenters. The number of benzene rings is 2. The molecule has 5 heteroatoms. The zero-order valence-corrected chi connectivity index (χ0v) is 16.1. The Morgan fingerprint density at radius 1 is 1.15 bits per heavy atom. The molecule has 1 saturated heterocycles. The van der Waals surface area contributed by atoms with Gasteiger partial charge in [0.1, 0.15) is 11.6 Å². The second-order valence-corrected chi connectivity index (χ2v) is 7.16. The van der Waals surface area contributed by atoms with E-state index in [0.717, 1.165) is 24.2 Å². The first-order chi connectivity index (χ1) is 13.1. The van der Waals surface area contributed by atoms with Crippen LogP contribution >= 0.6 is 11.6 Å². The van der Waals surface area contributed by atoms with Crippen LogP contribution in [0.25, 0.3) is 6.08 Å². The summed E-state index contributed by atoms with van der Waals surface area (Å²) < 4.78 is 0. The Kier molecular flexibility index (Phi) is 6.16. The molecular weight excluding hydrogens is 358 g/mol. The van der Waals surface area contributed by atoms with Crippen LogP contribution in [0.4, 0.5) is 11.4 Å². The maximum Gasteiger partial charge on any atom is 0.266 e. The van der Waals surface area contributed by atoms with E-state index in [-0.39, 0.29) is 5.57 Å². The van der Waals surface area contributed by atoms with Crippen LogP contribution in [0, 0.1) is 18.3 Å². The summed E-state index contributed by atoms with van der Waals surface area (Å²) in [5.74, 6) is -0.442. The highest BCUT2D eigenvalue weighted by molar-refractivity contribution is 6.31. The van der Waals surface area contributed by atoms with Crippen LogP contribution in [-0.2, 0) is 4.79 Å². The fourth-order valence-corrected chi connectivity index (χ4v) is 3.34. The van der Waals surface area contributed by atoms with Crippen LogP contribution in [0.2, 0.25) is 5.02 Å². The fraction of sp³-hybridized carbons (Fsp3) is 0.273. The molecule has 1 aliphatic heterocycles. The Morgan fingerprint density at radius 2 is 1.85 bits per heavy atom. The number of carbonyl (C=O) groups excluding carboxylic acids is 1. The van der Waals surface area contributed by atoms with Crippen molar-refractivity contribution in [2.45, 2.75) is 26.2 Å². The van der Waals surface area contributed by atoms with Crippen molar-refractivity contribution < 1.29 is 4.79 Å². The van der Waals surface area contributed by atoms with Gasteiger partial charge in [-0.15, -0.1) is 0 Å². The van der Waals surface area contributed by atoms with Crippen molar-refractivity contribution in [3.63, 3.8) is 0 Å². The number of halogens is 1. The minimum atomic E-state index is -0.442. The van der Waals surface area contributed by atoms with E-state index in [1.807, 2.05) is 43.3 Å². The van der Waals surface area contributed by atoms with Gasteiger partial charge in [-0.2, -0.15) is 5.26 Å². The molecule has 138 valence electrons. The molecule has 0 saturated carbocycles. The highest BCUT2D eigenvalue weighted by Gasteiger charge is 2.13. The third kappa shape index (κ3) is 4.90. The molecule has 1 fully saturated rings. The molecule has 1 amide bonds. The first-order valence-corrected chi connectivity index (χ1v) is 9.49. The van der Waals surface area contributed by atoms with E-state index < -0.39 is 5.91 Å². The van der Waals surface area contributed by atoms with Gasteiger partial charge in [0.15, 0.2) is 0 Å². The first-order valence-electron chi connectivity index (χ1n) is 9.11. The predicted molar refractivity (Wildman–Crippen MR) is 111 cm³/mol. The van der Waals surface area contributed by atoms with E-state index in [1.54, 1.807) is 18.2 Å². The summed E-state index contributed by atoms with van der Waals surface area (Å²) in [5.41, 5.74) is 3.56. The highest BCUT2D eigenvalue weighted by atomic mass is 35.5. The van der Waals surface area contributed by atoms with Gasteiger partial charge in [-0.3, -0.25) is 4.79 Å². The van der Waals surface area contributed by atoms with Crippen molar-refractivity contribution in [2.75, 3.05) is 23.3 Å². The maximum atomic E-state index is 12.5. The second-order valence-electron chi connectivity index (χ2n) is 6.72. The first kappa shape index (κ1) is 19.0. The highest BCUT2D eigenvalue weighted by Crippen LogP contribution is 2.23. The number of piperidine rings is 1. The lowest BCUT2D eigenvalue weighted by atomic mass is 10.1. The lowest BCUT2D eigenvalue weighted by molar-refractivity contribution is -0.112. The normalized spacial score (nSPS) is 14.6. The van der Waals surface area contributed by atoms with Crippen LogP contribution in [0.3, 0.4) is 0 Å². The SMILES string of the molecule is Cc1ccc(Cl)cc1NC(=O)/C(C#N)=C/c1ccc(N2CCCCC2)cc1. The molecule has 2 aromatic carbocycles. The van der Waals surface area contributed by atoms with Gasteiger partial charge in [0.25, 0.3) is 5.91 Å². The molecule has 0 atom stereocenters. The number of nitrogens with zero attached hydrogens (tertiary/aromatic N) is 2. The quantitative estimate of drug-likeness (QED) is 0.587. The number of carbonyl (C=O) groups is 1. The van der Waals surface area contributed by atoms with Crippen molar-refractivity contribution in [1.29, 1.82) is 5.26 Å². The van der Waals surface area contributed by atoms with Crippen molar-refractivity contribution in [3.05, 3.63) is 64.2 Å². The molecular formula is C22H22ClN3O. The number of aryl methyl sites for hydroxylation is 1. The van der Waals surface area contributed by atoms with Gasteiger partial charge >= 0.3 is 0 Å². The molecule has 27 heavy (non-hydrogen) atoms. The lowest BCUT2D eigenvalue weighted by Crippen LogP contribution is -2.29. The van der Waals surface area contributed by atoms with Crippen molar-refractivity contribution >= 4 is 35.0 Å². The van der Waals surface area contributed by atoms with Crippen LogP contribution in [0.5, 0.6) is 0 Å². The van der Waals surface area contributed by atoms with Gasteiger partial charge in [0, 0.05) is 29.5 Å². The molecule has 0 aromatic heterocycles. The number of hydrogen-bond donors (Lipinski definition) is 1. The molecule has 0 spiro atoms. The minimum absolute atomic E-state index is 0.0556. The molecule has 1 heterocycles. The third-order valence-corrected chi connectivity index (χ3v) is 4.97. The van der Waals surface area contributed by atoms with E-state index in [2.05, 4.69) is 10.2 Å². The minimum Gasteiger partial charge on any atom is -0.372 e. The average Bonchev–Trinajstić information content (AvgIpc) is 2.70. The zero-order chi connectivity index (χ0) is 19.2.